The molecule has 8 heteroatoms. The predicted molar refractivity (Wildman–Crippen MR) is 97.5 cm³/mol. The fourth-order valence-corrected chi connectivity index (χ4v) is 2.53. The summed E-state index contributed by atoms with van der Waals surface area (Å²) in [6.07, 6.45) is 0.787. The lowest BCUT2D eigenvalue weighted by atomic mass is 10.1. The van der Waals surface area contributed by atoms with Crippen molar-refractivity contribution in [1.82, 2.24) is 10.9 Å². The van der Waals surface area contributed by atoms with Gasteiger partial charge in [-0.1, -0.05) is 25.1 Å². The average Bonchev–Trinajstić information content (AvgIpc) is 2.70. The Kier molecular flexibility index (Phi) is 5.55. The highest BCUT2D eigenvalue weighted by molar-refractivity contribution is 5.99. The number of fused-ring (bicyclic) bond motifs is 1. The van der Waals surface area contributed by atoms with Crippen molar-refractivity contribution in [2.45, 2.75) is 13.3 Å². The summed E-state index contributed by atoms with van der Waals surface area (Å²) in [6, 6.07) is 12.0. The van der Waals surface area contributed by atoms with Crippen molar-refractivity contribution in [3.05, 3.63) is 53.6 Å². The number of nitrogens with one attached hydrogen (secondary N) is 3. The van der Waals surface area contributed by atoms with Gasteiger partial charge in [0.2, 0.25) is 0 Å². The van der Waals surface area contributed by atoms with Crippen molar-refractivity contribution in [3.63, 3.8) is 0 Å². The van der Waals surface area contributed by atoms with Gasteiger partial charge in [-0.15, -0.1) is 0 Å². The average molecular weight is 369 g/mol. The van der Waals surface area contributed by atoms with Crippen LogP contribution < -0.4 is 25.6 Å². The summed E-state index contributed by atoms with van der Waals surface area (Å²) in [6.45, 7) is 1.66. The van der Waals surface area contributed by atoms with Crippen LogP contribution in [-0.2, 0) is 16.0 Å². The second-order valence-corrected chi connectivity index (χ2v) is 5.80. The lowest BCUT2D eigenvalue weighted by molar-refractivity contribution is -0.124. The molecule has 0 aliphatic carbocycles. The summed E-state index contributed by atoms with van der Waals surface area (Å²) in [4.78, 5) is 35.3. The van der Waals surface area contributed by atoms with Gasteiger partial charge in [-0.3, -0.25) is 25.2 Å². The van der Waals surface area contributed by atoms with Crippen molar-refractivity contribution < 1.29 is 23.9 Å². The summed E-state index contributed by atoms with van der Waals surface area (Å²) in [5, 5.41) is 2.64. The van der Waals surface area contributed by atoms with Crippen LogP contribution >= 0.6 is 0 Å². The molecule has 0 aromatic heterocycles. The molecule has 0 spiro atoms. The quantitative estimate of drug-likeness (QED) is 0.691. The third-order valence-electron chi connectivity index (χ3n) is 3.90. The normalized spacial score (nSPS) is 12.3. The first kappa shape index (κ1) is 18.2. The number of carbonyl (C=O) groups is 3. The molecule has 3 rings (SSSR count). The van der Waals surface area contributed by atoms with E-state index in [-0.39, 0.29) is 24.7 Å². The van der Waals surface area contributed by atoms with Crippen molar-refractivity contribution in [2.24, 2.45) is 0 Å². The summed E-state index contributed by atoms with van der Waals surface area (Å²) in [5.41, 5.74) is 6.39. The molecule has 0 saturated heterocycles. The molecule has 3 N–H and O–H groups in total. The van der Waals surface area contributed by atoms with Crippen LogP contribution in [0.2, 0.25) is 0 Å². The molecule has 0 unspecified atom stereocenters. The summed E-state index contributed by atoms with van der Waals surface area (Å²) in [5.74, 6) is -0.226. The maximum atomic E-state index is 12.2. The van der Waals surface area contributed by atoms with E-state index < -0.39 is 11.8 Å². The molecule has 140 valence electrons. The highest BCUT2D eigenvalue weighted by Crippen LogP contribution is 2.28. The SMILES string of the molecule is CCc1ccccc1OCC(=O)NNC(=O)c1ccc2c(c1)OCC(=O)N2. The smallest absolute Gasteiger partial charge is 0.276 e. The first-order chi connectivity index (χ1) is 13.1. The van der Waals surface area contributed by atoms with Crippen LogP contribution in [0.25, 0.3) is 0 Å². The molecule has 27 heavy (non-hydrogen) atoms. The zero-order chi connectivity index (χ0) is 19.2. The fraction of sp³-hybridized carbons (Fsp3) is 0.211. The fourth-order valence-electron chi connectivity index (χ4n) is 2.53. The summed E-state index contributed by atoms with van der Waals surface area (Å²) < 4.78 is 10.8. The summed E-state index contributed by atoms with van der Waals surface area (Å²) >= 11 is 0. The molecule has 1 aliphatic heterocycles. The lowest BCUT2D eigenvalue weighted by Gasteiger charge is -2.18. The van der Waals surface area contributed by atoms with E-state index in [1.165, 1.54) is 12.1 Å². The van der Waals surface area contributed by atoms with Gasteiger partial charge in [0.1, 0.15) is 11.5 Å². The third kappa shape index (κ3) is 4.55. The Labute approximate surface area is 155 Å². The van der Waals surface area contributed by atoms with E-state index in [9.17, 15) is 14.4 Å². The zero-order valence-electron chi connectivity index (χ0n) is 14.7. The largest absolute Gasteiger partial charge is 0.483 e. The van der Waals surface area contributed by atoms with Crippen molar-refractivity contribution in [3.8, 4) is 11.5 Å². The molecule has 0 saturated carbocycles. The van der Waals surface area contributed by atoms with Gasteiger partial charge in [-0.25, -0.2) is 0 Å². The van der Waals surface area contributed by atoms with Crippen LogP contribution in [-0.4, -0.2) is 30.9 Å². The monoisotopic (exact) mass is 369 g/mol. The highest BCUT2D eigenvalue weighted by Gasteiger charge is 2.18. The molecule has 2 aromatic carbocycles. The molecule has 1 aliphatic rings. The predicted octanol–water partition coefficient (Wildman–Crippen LogP) is 1.42. The highest BCUT2D eigenvalue weighted by atomic mass is 16.5. The van der Waals surface area contributed by atoms with Crippen molar-refractivity contribution in [2.75, 3.05) is 18.5 Å². The third-order valence-corrected chi connectivity index (χ3v) is 3.90. The number of para-hydroxylation sites is 1. The van der Waals surface area contributed by atoms with E-state index in [0.717, 1.165) is 12.0 Å². The van der Waals surface area contributed by atoms with Gasteiger partial charge in [0.25, 0.3) is 17.7 Å². The van der Waals surface area contributed by atoms with Gasteiger partial charge < -0.3 is 14.8 Å². The Bertz CT molecular complexity index is 881. The van der Waals surface area contributed by atoms with E-state index in [0.29, 0.717) is 17.2 Å². The van der Waals surface area contributed by atoms with Crippen LogP contribution in [0, 0.1) is 0 Å². The second kappa shape index (κ2) is 8.22. The van der Waals surface area contributed by atoms with Gasteiger partial charge in [-0.05, 0) is 36.2 Å². The molecule has 2 aromatic rings. The number of hydrogen-bond donors (Lipinski definition) is 3. The lowest BCUT2D eigenvalue weighted by Crippen LogP contribution is -2.43. The van der Waals surface area contributed by atoms with Gasteiger partial charge in [0.05, 0.1) is 5.69 Å². The van der Waals surface area contributed by atoms with Crippen LogP contribution in [0.4, 0.5) is 5.69 Å². The molecule has 0 radical (unpaired) electrons. The van der Waals surface area contributed by atoms with Crippen LogP contribution in [0.1, 0.15) is 22.8 Å². The number of hydrogen-bond acceptors (Lipinski definition) is 5. The number of ether oxygens (including phenoxy) is 2. The number of benzene rings is 2. The van der Waals surface area contributed by atoms with Gasteiger partial charge in [0.15, 0.2) is 13.2 Å². The van der Waals surface area contributed by atoms with E-state index in [1.54, 1.807) is 12.1 Å². The molecule has 1 heterocycles. The maximum absolute atomic E-state index is 12.2. The molecule has 0 fully saturated rings. The molecular weight excluding hydrogens is 350 g/mol. The molecule has 3 amide bonds. The van der Waals surface area contributed by atoms with Gasteiger partial charge in [-0.2, -0.15) is 0 Å². The minimum Gasteiger partial charge on any atom is -0.483 e. The summed E-state index contributed by atoms with van der Waals surface area (Å²) in [7, 11) is 0. The van der Waals surface area contributed by atoms with Gasteiger partial charge >= 0.3 is 0 Å². The molecular formula is C19H19N3O5. The maximum Gasteiger partial charge on any atom is 0.276 e. The standard InChI is InChI=1S/C19H19N3O5/c1-2-12-5-3-4-6-15(12)26-11-18(24)21-22-19(25)13-7-8-14-16(9-13)27-10-17(23)20-14/h3-9H,2,10-11H2,1H3,(H,20,23)(H,21,24)(H,22,25). The Morgan fingerprint density at radius 2 is 2.00 bits per heavy atom. The van der Waals surface area contributed by atoms with Crippen LogP contribution in [0.5, 0.6) is 11.5 Å². The number of amides is 3. The van der Waals surface area contributed by atoms with Crippen LogP contribution in [0.15, 0.2) is 42.5 Å². The topological polar surface area (TPSA) is 106 Å². The number of carbonyl (C=O) groups excluding carboxylic acids is 3. The first-order valence-corrected chi connectivity index (χ1v) is 8.43. The minimum absolute atomic E-state index is 0.106. The van der Waals surface area contributed by atoms with Crippen molar-refractivity contribution in [1.29, 1.82) is 0 Å². The molecule has 8 nitrogen and oxygen atoms in total. The van der Waals surface area contributed by atoms with Crippen molar-refractivity contribution >= 4 is 23.4 Å². The first-order valence-electron chi connectivity index (χ1n) is 8.43. The second-order valence-electron chi connectivity index (χ2n) is 5.80. The number of anilines is 1. The van der Waals surface area contributed by atoms with E-state index in [4.69, 9.17) is 9.47 Å². The number of hydrazine groups is 1. The molecule has 0 bridgehead atoms. The Balaban J connectivity index is 1.51. The Morgan fingerprint density at radius 1 is 1.19 bits per heavy atom. The van der Waals surface area contributed by atoms with E-state index in [2.05, 4.69) is 16.2 Å². The zero-order valence-corrected chi connectivity index (χ0v) is 14.7. The van der Waals surface area contributed by atoms with Gasteiger partial charge in [0, 0.05) is 5.56 Å². The minimum atomic E-state index is -0.513. The number of rotatable bonds is 5. The number of aryl methyl sites for hydroxylation is 1. The Morgan fingerprint density at radius 3 is 2.81 bits per heavy atom. The van der Waals surface area contributed by atoms with E-state index >= 15 is 0 Å². The molecule has 0 atom stereocenters. The van der Waals surface area contributed by atoms with E-state index in [1.807, 2.05) is 25.1 Å². The van der Waals surface area contributed by atoms with Crippen LogP contribution in [0.3, 0.4) is 0 Å². The Hall–Kier alpha value is -3.55.